The Balaban J connectivity index is 1.65. The lowest BCUT2D eigenvalue weighted by Gasteiger charge is -2.32. The van der Waals surface area contributed by atoms with E-state index in [0.717, 1.165) is 41.3 Å². The highest BCUT2D eigenvalue weighted by Gasteiger charge is 2.32. The van der Waals surface area contributed by atoms with E-state index in [1.54, 1.807) is 17.0 Å². The van der Waals surface area contributed by atoms with Gasteiger partial charge in [0.1, 0.15) is 11.9 Å². The molecule has 1 saturated carbocycles. The maximum absolute atomic E-state index is 13.7. The smallest absolute Gasteiger partial charge is 0.243 e. The predicted octanol–water partition coefficient (Wildman–Crippen LogP) is 5.83. The molecule has 0 radical (unpaired) electrons. The first-order valence-electron chi connectivity index (χ1n) is 12.1. The molecule has 0 saturated heterocycles. The van der Waals surface area contributed by atoms with Crippen molar-refractivity contribution < 1.29 is 14.0 Å². The summed E-state index contributed by atoms with van der Waals surface area (Å²) in [6.45, 7) is 0.301. The van der Waals surface area contributed by atoms with Crippen LogP contribution >= 0.6 is 15.9 Å². The first-order chi connectivity index (χ1) is 17.0. The number of nitrogens with one attached hydrogen (secondary N) is 1. The molecule has 4 rings (SSSR count). The Hall–Kier alpha value is -2.99. The number of hydrogen-bond acceptors (Lipinski definition) is 2. The third-order valence-electron chi connectivity index (χ3n) is 6.48. The van der Waals surface area contributed by atoms with Crippen molar-refractivity contribution in [2.24, 2.45) is 0 Å². The Morgan fingerprint density at radius 1 is 0.914 bits per heavy atom. The Morgan fingerprint density at radius 2 is 1.60 bits per heavy atom. The summed E-state index contributed by atoms with van der Waals surface area (Å²) in [7, 11) is 0. The lowest BCUT2D eigenvalue weighted by Crippen LogP contribution is -2.52. The molecule has 2 amide bonds. The Kier molecular flexibility index (Phi) is 8.69. The maximum atomic E-state index is 13.7. The third kappa shape index (κ3) is 7.25. The zero-order valence-electron chi connectivity index (χ0n) is 19.6. The molecule has 6 heteroatoms. The SMILES string of the molecule is O=C(NC1CCCC1)[C@@H](Cc1ccccc1)N(Cc1cccc(Br)c1)C(=O)Cc1ccc(F)cc1. The van der Waals surface area contributed by atoms with E-state index in [-0.39, 0.29) is 30.1 Å². The van der Waals surface area contributed by atoms with E-state index >= 15 is 0 Å². The molecular formula is C29H30BrFN2O2. The van der Waals surface area contributed by atoms with Gasteiger partial charge in [-0.3, -0.25) is 9.59 Å². The molecule has 3 aromatic carbocycles. The van der Waals surface area contributed by atoms with Crippen molar-refractivity contribution >= 4 is 27.7 Å². The molecule has 0 bridgehead atoms. The van der Waals surface area contributed by atoms with Gasteiger partial charge in [-0.05, 0) is 53.8 Å². The van der Waals surface area contributed by atoms with E-state index in [0.29, 0.717) is 18.5 Å². The summed E-state index contributed by atoms with van der Waals surface area (Å²) >= 11 is 3.51. The fraction of sp³-hybridized carbons (Fsp3) is 0.310. The van der Waals surface area contributed by atoms with Crippen LogP contribution in [0, 0.1) is 5.82 Å². The van der Waals surface area contributed by atoms with Gasteiger partial charge < -0.3 is 10.2 Å². The standard InChI is InChI=1S/C29H30BrFN2O2/c30-24-10-6-9-23(17-24)20-33(28(34)19-22-13-15-25(31)16-14-22)27(18-21-7-2-1-3-8-21)29(35)32-26-11-4-5-12-26/h1-3,6-10,13-17,26-27H,4-5,11-12,18-20H2,(H,32,35)/t27-/m1/s1. The van der Waals surface area contributed by atoms with Crippen LogP contribution in [0.5, 0.6) is 0 Å². The normalized spacial score (nSPS) is 14.5. The molecule has 1 aliphatic carbocycles. The van der Waals surface area contributed by atoms with E-state index < -0.39 is 6.04 Å². The molecule has 1 fully saturated rings. The molecular weight excluding hydrogens is 507 g/mol. The van der Waals surface area contributed by atoms with Crippen LogP contribution < -0.4 is 5.32 Å². The second-order valence-corrected chi connectivity index (χ2v) is 10.1. The second kappa shape index (κ2) is 12.1. The van der Waals surface area contributed by atoms with Gasteiger partial charge in [0.2, 0.25) is 11.8 Å². The summed E-state index contributed by atoms with van der Waals surface area (Å²) in [5.74, 6) is -0.632. The van der Waals surface area contributed by atoms with Gasteiger partial charge in [0.05, 0.1) is 6.42 Å². The molecule has 0 heterocycles. The first kappa shape index (κ1) is 25.1. The average Bonchev–Trinajstić information content (AvgIpc) is 3.36. The Bertz CT molecular complexity index is 1130. The fourth-order valence-electron chi connectivity index (χ4n) is 4.63. The van der Waals surface area contributed by atoms with Crippen LogP contribution in [-0.2, 0) is 29.0 Å². The molecule has 0 aliphatic heterocycles. The van der Waals surface area contributed by atoms with Crippen molar-refractivity contribution in [2.75, 3.05) is 0 Å². The molecule has 1 N–H and O–H groups in total. The molecule has 0 unspecified atom stereocenters. The largest absolute Gasteiger partial charge is 0.352 e. The quantitative estimate of drug-likeness (QED) is 0.374. The number of hydrogen-bond donors (Lipinski definition) is 1. The van der Waals surface area contributed by atoms with Crippen LogP contribution in [-0.4, -0.2) is 28.8 Å². The van der Waals surface area contributed by atoms with E-state index in [2.05, 4.69) is 21.2 Å². The summed E-state index contributed by atoms with van der Waals surface area (Å²) < 4.78 is 14.3. The summed E-state index contributed by atoms with van der Waals surface area (Å²) in [6, 6.07) is 23.0. The van der Waals surface area contributed by atoms with Crippen molar-refractivity contribution in [1.82, 2.24) is 10.2 Å². The maximum Gasteiger partial charge on any atom is 0.243 e. The van der Waals surface area contributed by atoms with Crippen LogP contribution in [0.4, 0.5) is 4.39 Å². The highest BCUT2D eigenvalue weighted by Crippen LogP contribution is 2.21. The monoisotopic (exact) mass is 536 g/mol. The number of carbonyl (C=O) groups excluding carboxylic acids is 2. The van der Waals surface area contributed by atoms with Crippen LogP contribution in [0.15, 0.2) is 83.3 Å². The number of halogens is 2. The minimum atomic E-state index is -0.662. The van der Waals surface area contributed by atoms with E-state index in [9.17, 15) is 14.0 Å². The molecule has 182 valence electrons. The predicted molar refractivity (Wildman–Crippen MR) is 139 cm³/mol. The van der Waals surface area contributed by atoms with Crippen molar-refractivity contribution in [1.29, 1.82) is 0 Å². The van der Waals surface area contributed by atoms with Gasteiger partial charge in [-0.1, -0.05) is 83.4 Å². The minimum absolute atomic E-state index is 0.0935. The Labute approximate surface area is 214 Å². The molecule has 0 aromatic heterocycles. The van der Waals surface area contributed by atoms with Crippen molar-refractivity contribution in [3.05, 3.63) is 106 Å². The van der Waals surface area contributed by atoms with Gasteiger partial charge in [-0.25, -0.2) is 4.39 Å². The van der Waals surface area contributed by atoms with E-state index in [1.807, 2.05) is 54.6 Å². The van der Waals surface area contributed by atoms with Crippen molar-refractivity contribution in [3.8, 4) is 0 Å². The molecule has 1 aliphatic rings. The highest BCUT2D eigenvalue weighted by atomic mass is 79.9. The summed E-state index contributed by atoms with van der Waals surface area (Å²) in [6.07, 6.45) is 4.68. The van der Waals surface area contributed by atoms with Gasteiger partial charge in [-0.15, -0.1) is 0 Å². The van der Waals surface area contributed by atoms with Gasteiger partial charge in [0, 0.05) is 23.5 Å². The molecule has 3 aromatic rings. The third-order valence-corrected chi connectivity index (χ3v) is 6.98. The number of carbonyl (C=O) groups is 2. The van der Waals surface area contributed by atoms with Crippen LogP contribution in [0.2, 0.25) is 0 Å². The first-order valence-corrected chi connectivity index (χ1v) is 12.9. The lowest BCUT2D eigenvalue weighted by molar-refractivity contribution is -0.141. The van der Waals surface area contributed by atoms with Crippen molar-refractivity contribution in [2.45, 2.75) is 57.2 Å². The van der Waals surface area contributed by atoms with Gasteiger partial charge >= 0.3 is 0 Å². The number of rotatable bonds is 9. The van der Waals surface area contributed by atoms with E-state index in [1.165, 1.54) is 12.1 Å². The fourth-order valence-corrected chi connectivity index (χ4v) is 5.08. The number of amides is 2. The van der Waals surface area contributed by atoms with Gasteiger partial charge in [0.25, 0.3) is 0 Å². The van der Waals surface area contributed by atoms with E-state index in [4.69, 9.17) is 0 Å². The zero-order valence-corrected chi connectivity index (χ0v) is 21.2. The lowest BCUT2D eigenvalue weighted by atomic mass is 10.0. The number of nitrogens with zero attached hydrogens (tertiary/aromatic N) is 1. The van der Waals surface area contributed by atoms with Gasteiger partial charge in [-0.2, -0.15) is 0 Å². The summed E-state index contributed by atoms with van der Waals surface area (Å²) in [5.41, 5.74) is 2.64. The van der Waals surface area contributed by atoms with Crippen LogP contribution in [0.1, 0.15) is 42.4 Å². The van der Waals surface area contributed by atoms with Gasteiger partial charge in [0.15, 0.2) is 0 Å². The topological polar surface area (TPSA) is 49.4 Å². The zero-order chi connectivity index (χ0) is 24.6. The van der Waals surface area contributed by atoms with Crippen LogP contribution in [0.3, 0.4) is 0 Å². The molecule has 1 atom stereocenters. The highest BCUT2D eigenvalue weighted by molar-refractivity contribution is 9.10. The molecule has 35 heavy (non-hydrogen) atoms. The Morgan fingerprint density at radius 3 is 2.29 bits per heavy atom. The summed E-state index contributed by atoms with van der Waals surface area (Å²) in [5, 5.41) is 3.21. The molecule has 0 spiro atoms. The average molecular weight is 537 g/mol. The van der Waals surface area contributed by atoms with Crippen LogP contribution in [0.25, 0.3) is 0 Å². The minimum Gasteiger partial charge on any atom is -0.352 e. The van der Waals surface area contributed by atoms with Crippen molar-refractivity contribution in [3.63, 3.8) is 0 Å². The number of benzene rings is 3. The summed E-state index contributed by atoms with van der Waals surface area (Å²) in [4.78, 5) is 29.0. The molecule has 4 nitrogen and oxygen atoms in total. The second-order valence-electron chi connectivity index (χ2n) is 9.15.